The molecule has 0 spiro atoms. The summed E-state index contributed by atoms with van der Waals surface area (Å²) >= 11 is 0. The largest absolute Gasteiger partial charge is 0.508 e. The zero-order chi connectivity index (χ0) is 40.0. The monoisotopic (exact) mass is 792 g/mol. The summed E-state index contributed by atoms with van der Waals surface area (Å²) in [6.07, 6.45) is 8.92. The molecule has 1 fully saturated rings. The number of amides is 2. The van der Waals surface area contributed by atoms with Crippen molar-refractivity contribution in [1.82, 2.24) is 23.9 Å². The van der Waals surface area contributed by atoms with Gasteiger partial charge in [0.25, 0.3) is 11.8 Å². The van der Waals surface area contributed by atoms with E-state index in [2.05, 4.69) is 32.6 Å². The van der Waals surface area contributed by atoms with Gasteiger partial charge in [-0.25, -0.2) is 4.98 Å². The smallest absolute Gasteiger partial charge is 0.264 e. The van der Waals surface area contributed by atoms with Gasteiger partial charge in [-0.1, -0.05) is 24.3 Å². The number of pyridine rings is 1. The first-order chi connectivity index (χ1) is 28.9. The van der Waals surface area contributed by atoms with E-state index in [1.807, 2.05) is 54.2 Å². The average molecular weight is 793 g/mol. The Labute approximate surface area is 343 Å². The Bertz CT molecular complexity index is 2550. The molecule has 2 amide bonds. The van der Waals surface area contributed by atoms with Crippen molar-refractivity contribution >= 4 is 34.2 Å². The summed E-state index contributed by atoms with van der Waals surface area (Å²) < 4.78 is 21.6. The highest BCUT2D eigenvalue weighted by atomic mass is 16.7. The summed E-state index contributed by atoms with van der Waals surface area (Å²) in [6, 6.07) is 24.8. The minimum absolute atomic E-state index is 0.0181. The van der Waals surface area contributed by atoms with Crippen LogP contribution < -0.4 is 14.4 Å². The third-order valence-electron chi connectivity index (χ3n) is 12.5. The fourth-order valence-corrected chi connectivity index (χ4v) is 9.40. The fraction of sp³-hybridized carbons (Fsp3) is 0.340. The van der Waals surface area contributed by atoms with Crippen molar-refractivity contribution in [3.63, 3.8) is 0 Å². The Morgan fingerprint density at radius 3 is 2.51 bits per heavy atom. The molecule has 1 atom stereocenters. The lowest BCUT2D eigenvalue weighted by atomic mass is 9.90. The number of nitrogens with zero attached hydrogens (tertiary/aromatic N) is 6. The first kappa shape index (κ1) is 37.2. The quantitative estimate of drug-likeness (QED) is 0.161. The normalized spacial score (nSPS) is 17.5. The molecule has 0 saturated carbocycles. The molecule has 3 aromatic heterocycles. The van der Waals surface area contributed by atoms with Gasteiger partial charge in [0, 0.05) is 73.5 Å². The number of anilines is 2. The fourth-order valence-electron chi connectivity index (χ4n) is 9.40. The van der Waals surface area contributed by atoms with Crippen LogP contribution in [0, 0.1) is 0 Å². The van der Waals surface area contributed by atoms with Crippen LogP contribution in [-0.2, 0) is 37.7 Å². The lowest BCUT2D eigenvalue weighted by molar-refractivity contribution is 0.0353. The number of aryl methyl sites for hydroxylation is 1. The van der Waals surface area contributed by atoms with E-state index in [1.165, 1.54) is 5.56 Å². The minimum atomic E-state index is -0.216. The number of rotatable bonds is 9. The molecule has 0 radical (unpaired) electrons. The van der Waals surface area contributed by atoms with Gasteiger partial charge in [-0.15, -0.1) is 0 Å². The zero-order valence-corrected chi connectivity index (χ0v) is 33.3. The maximum Gasteiger partial charge on any atom is 0.264 e. The molecule has 6 aromatic rings. The third kappa shape index (κ3) is 6.99. The Kier molecular flexibility index (Phi) is 9.81. The van der Waals surface area contributed by atoms with E-state index in [0.29, 0.717) is 53.5 Å². The molecule has 0 aliphatic carbocycles. The van der Waals surface area contributed by atoms with Crippen molar-refractivity contribution < 1.29 is 28.9 Å². The molecular formula is C47H48N6O6. The molecule has 12 heteroatoms. The molecule has 1 N–H and O–H groups in total. The lowest BCUT2D eigenvalue weighted by Gasteiger charge is -2.38. The average Bonchev–Trinajstić information content (AvgIpc) is 4.00. The van der Waals surface area contributed by atoms with E-state index in [-0.39, 0.29) is 30.4 Å². The molecule has 4 aliphatic heterocycles. The Morgan fingerprint density at radius 2 is 1.68 bits per heavy atom. The van der Waals surface area contributed by atoms with Gasteiger partial charge in [-0.05, 0) is 111 Å². The molecule has 7 heterocycles. The van der Waals surface area contributed by atoms with E-state index < -0.39 is 0 Å². The summed E-state index contributed by atoms with van der Waals surface area (Å²) in [4.78, 5) is 41.4. The number of phenols is 1. The number of phenolic OH excluding ortho intramolecular Hbond substituents is 1. The van der Waals surface area contributed by atoms with Crippen LogP contribution in [-0.4, -0.2) is 86.5 Å². The predicted octanol–water partition coefficient (Wildman–Crippen LogP) is 7.47. The van der Waals surface area contributed by atoms with Crippen molar-refractivity contribution in [3.8, 4) is 28.5 Å². The number of benzene rings is 3. The highest BCUT2D eigenvalue weighted by Crippen LogP contribution is 2.43. The van der Waals surface area contributed by atoms with Crippen LogP contribution in [0.1, 0.15) is 63.2 Å². The first-order valence-electron chi connectivity index (χ1n) is 20.8. The SMILES string of the molecule is Cn1ccc2cc(N(C(=O)c3cc(-c4cc5c(cc4C(=O)N4Cc6ccccc6C[C@H]4CCCN4CCOCC4)OCO5)n4c3CCCC4)c3ccc(O)cc3)cnc21. The molecule has 12 nitrogen and oxygen atoms in total. The number of fused-ring (bicyclic) bond motifs is 4. The number of ether oxygens (including phenoxy) is 3. The molecule has 59 heavy (non-hydrogen) atoms. The van der Waals surface area contributed by atoms with Gasteiger partial charge in [0.1, 0.15) is 11.4 Å². The van der Waals surface area contributed by atoms with Crippen molar-refractivity contribution in [2.75, 3.05) is 44.5 Å². The van der Waals surface area contributed by atoms with Crippen LogP contribution in [0.3, 0.4) is 0 Å². The van der Waals surface area contributed by atoms with Crippen LogP contribution in [0.4, 0.5) is 11.4 Å². The molecule has 1 saturated heterocycles. The zero-order valence-electron chi connectivity index (χ0n) is 33.3. The van der Waals surface area contributed by atoms with Crippen LogP contribution in [0.15, 0.2) is 91.3 Å². The summed E-state index contributed by atoms with van der Waals surface area (Å²) in [7, 11) is 1.94. The van der Waals surface area contributed by atoms with E-state index in [0.717, 1.165) is 98.5 Å². The highest BCUT2D eigenvalue weighted by Gasteiger charge is 2.35. The van der Waals surface area contributed by atoms with Crippen molar-refractivity contribution in [3.05, 3.63) is 119 Å². The Hall–Kier alpha value is -6.11. The number of hydrogen-bond acceptors (Lipinski definition) is 8. The summed E-state index contributed by atoms with van der Waals surface area (Å²) in [5.74, 6) is 0.956. The standard InChI is InChI=1S/C47H48N6O6/c1-49-18-15-32-24-36(28-48-45(32)49)53(34-11-13-37(54)14-12-34)47(56)40-25-42(51-17-5-4-10-41(40)51)38-26-43-44(59-30-58-43)27-39(38)46(55)52-29-33-8-3-2-7-31(33)23-35(52)9-6-16-50-19-21-57-22-20-50/h2-3,7-8,11-15,18,24-28,35,54H,4-6,9-10,16-17,19-23,29-30H2,1H3/t35-/m1/s1. The summed E-state index contributed by atoms with van der Waals surface area (Å²) in [6.45, 7) is 5.68. The van der Waals surface area contributed by atoms with E-state index >= 15 is 9.59 Å². The van der Waals surface area contributed by atoms with Gasteiger partial charge >= 0.3 is 0 Å². The highest BCUT2D eigenvalue weighted by molar-refractivity contribution is 6.13. The first-order valence-corrected chi connectivity index (χ1v) is 20.8. The van der Waals surface area contributed by atoms with E-state index in [9.17, 15) is 5.11 Å². The molecule has 0 bridgehead atoms. The van der Waals surface area contributed by atoms with Gasteiger partial charge < -0.3 is 33.4 Å². The second-order valence-electron chi connectivity index (χ2n) is 16.1. The Balaban J connectivity index is 1.05. The summed E-state index contributed by atoms with van der Waals surface area (Å²) in [5, 5.41) is 11.1. The van der Waals surface area contributed by atoms with Gasteiger partial charge in [-0.2, -0.15) is 0 Å². The topological polar surface area (TPSA) is 115 Å². The number of aromatic hydroxyl groups is 1. The molecule has 4 aliphatic rings. The van der Waals surface area contributed by atoms with E-state index in [1.54, 1.807) is 35.4 Å². The summed E-state index contributed by atoms with van der Waals surface area (Å²) in [5.41, 5.74) is 8.02. The number of morpholine rings is 1. The maximum absolute atomic E-state index is 15.3. The van der Waals surface area contributed by atoms with Crippen LogP contribution in [0.25, 0.3) is 22.3 Å². The molecular weight excluding hydrogens is 745 g/mol. The molecule has 3 aromatic carbocycles. The van der Waals surface area contributed by atoms with Crippen molar-refractivity contribution in [2.45, 2.75) is 57.7 Å². The molecule has 10 rings (SSSR count). The van der Waals surface area contributed by atoms with Gasteiger partial charge in [0.15, 0.2) is 11.5 Å². The van der Waals surface area contributed by atoms with Gasteiger partial charge in [-0.3, -0.25) is 19.4 Å². The van der Waals surface area contributed by atoms with Gasteiger partial charge in [0.05, 0.1) is 36.2 Å². The minimum Gasteiger partial charge on any atom is -0.508 e. The van der Waals surface area contributed by atoms with Crippen LogP contribution >= 0.6 is 0 Å². The number of carbonyl (C=O) groups excluding carboxylic acids is 2. The van der Waals surface area contributed by atoms with Crippen molar-refractivity contribution in [2.24, 2.45) is 7.05 Å². The van der Waals surface area contributed by atoms with Gasteiger partial charge in [0.2, 0.25) is 6.79 Å². The molecule has 0 unspecified atom stereocenters. The second-order valence-corrected chi connectivity index (χ2v) is 16.1. The second kappa shape index (κ2) is 15.6. The van der Waals surface area contributed by atoms with E-state index in [4.69, 9.17) is 19.2 Å². The number of carbonyl (C=O) groups is 2. The number of aromatic nitrogens is 3. The van der Waals surface area contributed by atoms with Crippen LogP contribution in [0.5, 0.6) is 17.2 Å². The van der Waals surface area contributed by atoms with Crippen LogP contribution in [0.2, 0.25) is 0 Å². The maximum atomic E-state index is 15.3. The molecule has 302 valence electrons. The lowest BCUT2D eigenvalue weighted by Crippen LogP contribution is -2.45. The number of hydrogen-bond donors (Lipinski definition) is 1. The third-order valence-corrected chi connectivity index (χ3v) is 12.5. The predicted molar refractivity (Wildman–Crippen MR) is 225 cm³/mol. The van der Waals surface area contributed by atoms with Crippen molar-refractivity contribution in [1.29, 1.82) is 0 Å². The Morgan fingerprint density at radius 1 is 0.881 bits per heavy atom.